The molecule has 1 fully saturated rings. The molecule has 0 radical (unpaired) electrons. The van der Waals surface area contributed by atoms with E-state index in [0.717, 1.165) is 13.0 Å². The fourth-order valence-electron chi connectivity index (χ4n) is 3.99. The van der Waals surface area contributed by atoms with Gasteiger partial charge in [-0.1, -0.05) is 67.6 Å². The van der Waals surface area contributed by atoms with Crippen LogP contribution >= 0.6 is 0 Å². The van der Waals surface area contributed by atoms with Crippen LogP contribution in [0.2, 0.25) is 0 Å². The van der Waals surface area contributed by atoms with Crippen molar-refractivity contribution in [1.82, 2.24) is 15.1 Å². The Morgan fingerprint density at radius 3 is 2.24 bits per heavy atom. The third-order valence-electron chi connectivity index (χ3n) is 5.62. The summed E-state index contributed by atoms with van der Waals surface area (Å²) in [6, 6.07) is 20.4. The van der Waals surface area contributed by atoms with Gasteiger partial charge in [-0.2, -0.15) is 0 Å². The molecule has 1 saturated heterocycles. The van der Waals surface area contributed by atoms with Gasteiger partial charge in [0.25, 0.3) is 0 Å². The number of rotatable bonds is 8. The largest absolute Gasteiger partial charge is 0.353 e. The summed E-state index contributed by atoms with van der Waals surface area (Å²) in [5, 5.41) is 2.94. The van der Waals surface area contributed by atoms with Crippen LogP contribution in [0.5, 0.6) is 0 Å². The van der Waals surface area contributed by atoms with Gasteiger partial charge < -0.3 is 10.2 Å². The highest BCUT2D eigenvalue weighted by molar-refractivity contribution is 5.88. The monoisotopic (exact) mass is 393 g/mol. The molecular weight excluding hydrogens is 362 g/mol. The Kier molecular flexibility index (Phi) is 7.42. The molecule has 0 aliphatic carbocycles. The summed E-state index contributed by atoms with van der Waals surface area (Å²) in [6.45, 7) is 4.83. The zero-order valence-electron chi connectivity index (χ0n) is 17.4. The summed E-state index contributed by atoms with van der Waals surface area (Å²) >= 11 is 0. The number of nitrogens with one attached hydrogen (secondary N) is 1. The smallest absolute Gasteiger partial charge is 0.237 e. The molecule has 1 N–H and O–H groups in total. The molecule has 2 aromatic carbocycles. The van der Waals surface area contributed by atoms with E-state index in [4.69, 9.17) is 0 Å². The first-order chi connectivity index (χ1) is 14.1. The zero-order valence-corrected chi connectivity index (χ0v) is 17.4. The summed E-state index contributed by atoms with van der Waals surface area (Å²) in [6.07, 6.45) is 1.13. The van der Waals surface area contributed by atoms with Crippen molar-refractivity contribution < 1.29 is 9.59 Å². The molecule has 2 amide bonds. The molecule has 3 rings (SSSR count). The van der Waals surface area contributed by atoms with Gasteiger partial charge in [-0.3, -0.25) is 14.5 Å². The summed E-state index contributed by atoms with van der Waals surface area (Å²) < 4.78 is 0. The molecule has 5 heteroatoms. The van der Waals surface area contributed by atoms with Gasteiger partial charge in [-0.05, 0) is 17.5 Å². The minimum atomic E-state index is -0.425. The van der Waals surface area contributed by atoms with Crippen molar-refractivity contribution >= 4 is 11.8 Å². The summed E-state index contributed by atoms with van der Waals surface area (Å²) in [5.74, 6) is 0.124. The number of hydrogen-bond acceptors (Lipinski definition) is 3. The van der Waals surface area contributed by atoms with Gasteiger partial charge in [0.15, 0.2) is 0 Å². The Hall–Kier alpha value is -2.66. The van der Waals surface area contributed by atoms with Crippen LogP contribution in [-0.2, 0) is 9.59 Å². The van der Waals surface area contributed by atoms with Crippen LogP contribution in [0, 0.1) is 0 Å². The van der Waals surface area contributed by atoms with Gasteiger partial charge in [0.2, 0.25) is 11.8 Å². The van der Waals surface area contributed by atoms with Crippen molar-refractivity contribution in [3.05, 3.63) is 71.8 Å². The quantitative estimate of drug-likeness (QED) is 0.750. The first-order valence-electron chi connectivity index (χ1n) is 10.5. The maximum atomic E-state index is 12.7. The minimum Gasteiger partial charge on any atom is -0.353 e. The molecule has 29 heavy (non-hydrogen) atoms. The molecule has 0 spiro atoms. The molecule has 1 aliphatic rings. The molecule has 1 heterocycles. The van der Waals surface area contributed by atoms with Gasteiger partial charge in [0, 0.05) is 39.1 Å². The number of nitrogens with zero attached hydrogens (tertiary/aromatic N) is 2. The van der Waals surface area contributed by atoms with Gasteiger partial charge in [-0.25, -0.2) is 0 Å². The summed E-state index contributed by atoms with van der Waals surface area (Å²) in [4.78, 5) is 29.2. The molecule has 5 nitrogen and oxygen atoms in total. The number of amides is 2. The maximum absolute atomic E-state index is 12.7. The highest BCUT2D eigenvalue weighted by atomic mass is 16.2. The molecule has 1 unspecified atom stereocenters. The molecule has 0 aromatic heterocycles. The van der Waals surface area contributed by atoms with Crippen molar-refractivity contribution in [3.63, 3.8) is 0 Å². The lowest BCUT2D eigenvalue weighted by Crippen LogP contribution is -2.57. The minimum absolute atomic E-state index is 0.0230. The van der Waals surface area contributed by atoms with Crippen LogP contribution in [0.15, 0.2) is 60.7 Å². The first-order valence-corrected chi connectivity index (χ1v) is 10.5. The lowest BCUT2D eigenvalue weighted by molar-refractivity contribution is -0.138. The lowest BCUT2D eigenvalue weighted by atomic mass is 9.90. The van der Waals surface area contributed by atoms with Gasteiger partial charge in [0.05, 0.1) is 12.5 Å². The average Bonchev–Trinajstić information content (AvgIpc) is 2.75. The average molecular weight is 394 g/mol. The van der Waals surface area contributed by atoms with Crippen LogP contribution in [0.25, 0.3) is 0 Å². The summed E-state index contributed by atoms with van der Waals surface area (Å²) in [7, 11) is 1.81. The second-order valence-electron chi connectivity index (χ2n) is 7.70. The van der Waals surface area contributed by atoms with Crippen molar-refractivity contribution in [1.29, 1.82) is 0 Å². The Balaban J connectivity index is 1.82. The standard InChI is InChI=1S/C24H31N3O2/c1-3-15-26(2)23(28)17-22-24(29)25-14-16-27(22)18-21(19-10-6-4-7-11-19)20-12-8-5-9-13-20/h4-13,21-22H,3,14-18H2,1-2H3,(H,25,29). The Morgan fingerprint density at radius 2 is 1.69 bits per heavy atom. The van der Waals surface area contributed by atoms with E-state index in [1.807, 2.05) is 26.1 Å². The fourth-order valence-corrected chi connectivity index (χ4v) is 3.99. The van der Waals surface area contributed by atoms with Gasteiger partial charge >= 0.3 is 0 Å². The van der Waals surface area contributed by atoms with Crippen LogP contribution in [0.1, 0.15) is 36.8 Å². The van der Waals surface area contributed by atoms with E-state index in [0.29, 0.717) is 19.6 Å². The molecule has 154 valence electrons. The molecule has 0 saturated carbocycles. The van der Waals surface area contributed by atoms with Crippen LogP contribution in [-0.4, -0.2) is 60.9 Å². The zero-order chi connectivity index (χ0) is 20.6. The number of carbonyl (C=O) groups is 2. The van der Waals surface area contributed by atoms with Crippen LogP contribution in [0.4, 0.5) is 0 Å². The Morgan fingerprint density at radius 1 is 1.10 bits per heavy atom. The van der Waals surface area contributed by atoms with Crippen molar-refractivity contribution in [2.75, 3.05) is 33.2 Å². The van der Waals surface area contributed by atoms with Crippen molar-refractivity contribution in [3.8, 4) is 0 Å². The Bertz CT molecular complexity index is 755. The SMILES string of the molecule is CCCN(C)C(=O)CC1C(=O)NCCN1CC(c1ccccc1)c1ccccc1. The number of hydrogen-bond donors (Lipinski definition) is 1. The highest BCUT2D eigenvalue weighted by Crippen LogP contribution is 2.27. The van der Waals surface area contributed by atoms with E-state index < -0.39 is 6.04 Å². The van der Waals surface area contributed by atoms with E-state index in [2.05, 4.69) is 58.7 Å². The van der Waals surface area contributed by atoms with E-state index in [-0.39, 0.29) is 24.2 Å². The third kappa shape index (κ3) is 5.45. The number of carbonyl (C=O) groups excluding carboxylic acids is 2. The predicted octanol–water partition coefficient (Wildman–Crippen LogP) is 2.88. The van der Waals surface area contributed by atoms with Gasteiger partial charge in [-0.15, -0.1) is 0 Å². The maximum Gasteiger partial charge on any atom is 0.237 e. The molecule has 1 atom stereocenters. The molecule has 2 aromatic rings. The molecular formula is C24H31N3O2. The van der Waals surface area contributed by atoms with E-state index in [1.54, 1.807) is 4.90 Å². The number of piperazine rings is 1. The van der Waals surface area contributed by atoms with Gasteiger partial charge in [0.1, 0.15) is 0 Å². The van der Waals surface area contributed by atoms with Crippen LogP contribution in [0.3, 0.4) is 0 Å². The second-order valence-corrected chi connectivity index (χ2v) is 7.70. The van der Waals surface area contributed by atoms with Crippen molar-refractivity contribution in [2.24, 2.45) is 0 Å². The lowest BCUT2D eigenvalue weighted by Gasteiger charge is -2.37. The topological polar surface area (TPSA) is 52.7 Å². The predicted molar refractivity (Wildman–Crippen MR) is 116 cm³/mol. The molecule has 0 bridgehead atoms. The first kappa shape index (κ1) is 21.1. The Labute approximate surface area is 173 Å². The van der Waals surface area contributed by atoms with Crippen LogP contribution < -0.4 is 5.32 Å². The van der Waals surface area contributed by atoms with E-state index >= 15 is 0 Å². The normalized spacial score (nSPS) is 17.2. The third-order valence-corrected chi connectivity index (χ3v) is 5.62. The number of benzene rings is 2. The van der Waals surface area contributed by atoms with E-state index in [9.17, 15) is 9.59 Å². The van der Waals surface area contributed by atoms with E-state index in [1.165, 1.54) is 11.1 Å². The highest BCUT2D eigenvalue weighted by Gasteiger charge is 2.34. The second kappa shape index (κ2) is 10.2. The molecule has 1 aliphatic heterocycles. The summed E-state index contributed by atoms with van der Waals surface area (Å²) in [5.41, 5.74) is 2.44. The fraction of sp³-hybridized carbons (Fsp3) is 0.417. The van der Waals surface area contributed by atoms with Crippen molar-refractivity contribution in [2.45, 2.75) is 31.7 Å².